The lowest BCUT2D eigenvalue weighted by Gasteiger charge is -2.22. The van der Waals surface area contributed by atoms with Crippen molar-refractivity contribution in [3.63, 3.8) is 0 Å². The van der Waals surface area contributed by atoms with E-state index in [2.05, 4.69) is 34.5 Å². The molecule has 34 heavy (non-hydrogen) atoms. The summed E-state index contributed by atoms with van der Waals surface area (Å²) in [5.41, 5.74) is 5.15. The Labute approximate surface area is 201 Å². The van der Waals surface area contributed by atoms with Crippen LogP contribution in [0.25, 0.3) is 22.2 Å². The quantitative estimate of drug-likeness (QED) is 0.353. The van der Waals surface area contributed by atoms with Crippen molar-refractivity contribution in [1.29, 1.82) is 0 Å². The third-order valence-corrected chi connectivity index (χ3v) is 6.38. The van der Waals surface area contributed by atoms with E-state index in [-0.39, 0.29) is 17.1 Å². The number of nitrogens with zero attached hydrogens (tertiary/aromatic N) is 3. The number of likely N-dealkylation sites (tertiary alicyclic amines) is 1. The maximum atomic E-state index is 13.4. The summed E-state index contributed by atoms with van der Waals surface area (Å²) in [7, 11) is 4.03. The summed E-state index contributed by atoms with van der Waals surface area (Å²) in [4.78, 5) is 21.4. The van der Waals surface area contributed by atoms with Gasteiger partial charge in [-0.05, 0) is 66.4 Å². The second-order valence-corrected chi connectivity index (χ2v) is 8.99. The molecule has 6 nitrogen and oxygen atoms in total. The number of carbonyl (C=O) groups is 1. The highest BCUT2D eigenvalue weighted by Gasteiger charge is 2.33. The van der Waals surface area contributed by atoms with Crippen LogP contribution in [0.1, 0.15) is 24.8 Å². The Morgan fingerprint density at radius 2 is 1.88 bits per heavy atom. The predicted molar refractivity (Wildman–Crippen MR) is 133 cm³/mol. The molecule has 3 aromatic carbocycles. The zero-order valence-electron chi connectivity index (χ0n) is 18.9. The highest BCUT2D eigenvalue weighted by molar-refractivity contribution is 6.31. The summed E-state index contributed by atoms with van der Waals surface area (Å²) in [5, 5.41) is 2.75. The van der Waals surface area contributed by atoms with E-state index in [9.17, 15) is 9.18 Å². The smallest absolute Gasteiger partial charge is 0.322 e. The Balaban J connectivity index is 1.37. The molecule has 2 heterocycles. The lowest BCUT2D eigenvalue weighted by atomic mass is 10.0. The maximum Gasteiger partial charge on any atom is 0.322 e. The van der Waals surface area contributed by atoms with Crippen LogP contribution in [0.3, 0.4) is 0 Å². The minimum atomic E-state index is -0.529. The van der Waals surface area contributed by atoms with E-state index in [0.29, 0.717) is 23.7 Å². The Morgan fingerprint density at radius 1 is 1.12 bits per heavy atom. The molecular formula is C26H24ClFN4O2. The average molecular weight is 479 g/mol. The molecule has 174 valence electrons. The topological polar surface area (TPSA) is 61.6 Å². The molecule has 0 spiro atoms. The van der Waals surface area contributed by atoms with Gasteiger partial charge in [0.05, 0.1) is 5.02 Å². The number of amides is 2. The number of rotatable bonds is 4. The van der Waals surface area contributed by atoms with Crippen LogP contribution >= 0.6 is 11.6 Å². The van der Waals surface area contributed by atoms with Crippen molar-refractivity contribution in [3.8, 4) is 11.1 Å². The van der Waals surface area contributed by atoms with E-state index in [1.807, 2.05) is 32.3 Å². The molecule has 1 aliphatic heterocycles. The van der Waals surface area contributed by atoms with Gasteiger partial charge in [0.25, 0.3) is 0 Å². The molecule has 0 unspecified atom stereocenters. The van der Waals surface area contributed by atoms with Crippen LogP contribution in [-0.2, 0) is 0 Å². The average Bonchev–Trinajstić information content (AvgIpc) is 3.48. The van der Waals surface area contributed by atoms with E-state index < -0.39 is 5.82 Å². The fraction of sp³-hybridized carbons (Fsp3) is 0.231. The predicted octanol–water partition coefficient (Wildman–Crippen LogP) is 6.72. The summed E-state index contributed by atoms with van der Waals surface area (Å²) in [6.45, 7) is 0.577. The molecule has 5 rings (SSSR count). The second kappa shape index (κ2) is 8.99. The van der Waals surface area contributed by atoms with Gasteiger partial charge in [0, 0.05) is 32.0 Å². The first-order valence-corrected chi connectivity index (χ1v) is 11.5. The van der Waals surface area contributed by atoms with Crippen LogP contribution in [0.4, 0.5) is 20.6 Å². The number of urea groups is 1. The van der Waals surface area contributed by atoms with E-state index in [0.717, 1.165) is 35.2 Å². The molecule has 1 aliphatic rings. The summed E-state index contributed by atoms with van der Waals surface area (Å²) in [6, 6.07) is 17.8. The molecule has 1 N–H and O–H groups in total. The number of hydrogen-bond acceptors (Lipinski definition) is 4. The largest absolute Gasteiger partial charge is 0.438 e. The number of halogens is 2. The van der Waals surface area contributed by atoms with Crippen molar-refractivity contribution < 1.29 is 13.6 Å². The number of benzene rings is 3. The lowest BCUT2D eigenvalue weighted by Crippen LogP contribution is -2.34. The molecule has 1 fully saturated rings. The number of aromatic nitrogens is 1. The number of oxazole rings is 1. The van der Waals surface area contributed by atoms with Crippen LogP contribution in [0.5, 0.6) is 0 Å². The number of hydrogen-bond donors (Lipinski definition) is 1. The van der Waals surface area contributed by atoms with E-state index >= 15 is 0 Å². The SMILES string of the molecule is CN(C)c1ccc(-c2ccc3oc([C@@H]4CCCN4C(=O)Nc4ccc(F)c(Cl)c4)nc3c2)cc1. The molecule has 0 bridgehead atoms. The molecular weight excluding hydrogens is 455 g/mol. The fourth-order valence-electron chi connectivity index (χ4n) is 4.26. The van der Waals surface area contributed by atoms with Gasteiger partial charge in [-0.3, -0.25) is 0 Å². The van der Waals surface area contributed by atoms with Gasteiger partial charge in [0.2, 0.25) is 5.89 Å². The van der Waals surface area contributed by atoms with Gasteiger partial charge in [-0.25, -0.2) is 14.2 Å². The third-order valence-electron chi connectivity index (χ3n) is 6.09. The minimum absolute atomic E-state index is 0.0399. The highest BCUT2D eigenvalue weighted by atomic mass is 35.5. The van der Waals surface area contributed by atoms with E-state index in [4.69, 9.17) is 21.0 Å². The van der Waals surface area contributed by atoms with Gasteiger partial charge >= 0.3 is 6.03 Å². The van der Waals surface area contributed by atoms with Crippen LogP contribution < -0.4 is 10.2 Å². The van der Waals surface area contributed by atoms with Gasteiger partial charge in [0.15, 0.2) is 5.58 Å². The van der Waals surface area contributed by atoms with Crippen molar-refractivity contribution in [3.05, 3.63) is 77.4 Å². The van der Waals surface area contributed by atoms with Gasteiger partial charge < -0.3 is 19.5 Å². The van der Waals surface area contributed by atoms with Crippen molar-refractivity contribution >= 4 is 40.1 Å². The number of carbonyl (C=O) groups excluding carboxylic acids is 1. The van der Waals surface area contributed by atoms with Crippen molar-refractivity contribution in [2.75, 3.05) is 30.9 Å². The highest BCUT2D eigenvalue weighted by Crippen LogP contribution is 2.35. The van der Waals surface area contributed by atoms with Crippen LogP contribution in [0.15, 0.2) is 65.1 Å². The summed E-state index contributed by atoms with van der Waals surface area (Å²) in [5.74, 6) is -0.0157. The Bertz CT molecular complexity index is 1350. The van der Waals surface area contributed by atoms with Gasteiger partial charge in [-0.2, -0.15) is 0 Å². The molecule has 4 aromatic rings. The molecule has 0 aliphatic carbocycles. The maximum absolute atomic E-state index is 13.4. The van der Waals surface area contributed by atoms with Gasteiger partial charge in [-0.15, -0.1) is 0 Å². The van der Waals surface area contributed by atoms with E-state index in [1.54, 1.807) is 4.90 Å². The van der Waals surface area contributed by atoms with Crippen molar-refractivity contribution in [2.24, 2.45) is 0 Å². The zero-order chi connectivity index (χ0) is 23.8. The molecule has 8 heteroatoms. The van der Waals surface area contributed by atoms with Crippen LogP contribution in [0, 0.1) is 5.82 Å². The normalized spacial score (nSPS) is 15.6. The molecule has 0 radical (unpaired) electrons. The Morgan fingerprint density at radius 3 is 2.62 bits per heavy atom. The zero-order valence-corrected chi connectivity index (χ0v) is 19.6. The van der Waals surface area contributed by atoms with Crippen LogP contribution in [0.2, 0.25) is 5.02 Å². The number of fused-ring (bicyclic) bond motifs is 1. The number of anilines is 2. The fourth-order valence-corrected chi connectivity index (χ4v) is 4.44. The first kappa shape index (κ1) is 22.2. The summed E-state index contributed by atoms with van der Waals surface area (Å²) >= 11 is 5.84. The first-order valence-electron chi connectivity index (χ1n) is 11.1. The van der Waals surface area contributed by atoms with Crippen molar-refractivity contribution in [1.82, 2.24) is 9.88 Å². The van der Waals surface area contributed by atoms with Gasteiger partial charge in [-0.1, -0.05) is 29.8 Å². The van der Waals surface area contributed by atoms with Gasteiger partial charge in [0.1, 0.15) is 17.4 Å². The molecule has 1 aromatic heterocycles. The van der Waals surface area contributed by atoms with Crippen molar-refractivity contribution in [2.45, 2.75) is 18.9 Å². The molecule has 0 saturated carbocycles. The minimum Gasteiger partial charge on any atom is -0.438 e. The monoisotopic (exact) mass is 478 g/mol. The summed E-state index contributed by atoms with van der Waals surface area (Å²) in [6.07, 6.45) is 1.59. The third kappa shape index (κ3) is 4.31. The van der Waals surface area contributed by atoms with E-state index in [1.165, 1.54) is 18.2 Å². The first-order chi connectivity index (χ1) is 16.4. The Kier molecular flexibility index (Phi) is 5.87. The number of nitrogens with one attached hydrogen (secondary N) is 1. The second-order valence-electron chi connectivity index (χ2n) is 8.59. The molecule has 2 amide bonds. The molecule has 1 atom stereocenters. The standard InChI is InChI=1S/C26H24ClFN4O2/c1-31(2)19-9-5-16(6-10-19)17-7-12-24-22(14-17)30-25(34-24)23-4-3-13-32(23)26(33)29-18-8-11-21(28)20(27)15-18/h5-12,14-15,23H,3-4,13H2,1-2H3,(H,29,33)/t23-/m0/s1. The summed E-state index contributed by atoms with van der Waals surface area (Å²) < 4.78 is 19.5. The lowest BCUT2D eigenvalue weighted by molar-refractivity contribution is 0.199. The van der Waals surface area contributed by atoms with Crippen LogP contribution in [-0.4, -0.2) is 36.6 Å². The molecule has 1 saturated heterocycles. The Hall–Kier alpha value is -3.58.